The monoisotopic (exact) mass is 546 g/mol. The molecule has 10 nitrogen and oxygen atoms in total. The van der Waals surface area contributed by atoms with Crippen LogP contribution in [0.2, 0.25) is 0 Å². The van der Waals surface area contributed by atoms with E-state index in [1.54, 1.807) is 6.92 Å². The molecule has 1 aromatic carbocycles. The van der Waals surface area contributed by atoms with E-state index in [9.17, 15) is 40.7 Å². The maximum atomic E-state index is 14.1. The highest BCUT2D eigenvalue weighted by Gasteiger charge is 2.66. The Balaban J connectivity index is 2.70. The summed E-state index contributed by atoms with van der Waals surface area (Å²) in [4.78, 5) is 43.8. The molecule has 2 rings (SSSR count). The zero-order valence-corrected chi connectivity index (χ0v) is 19.7. The number of halogens is 6. The fraction of sp³-hybridized carbons (Fsp3) is 0.364. The summed E-state index contributed by atoms with van der Waals surface area (Å²) in [5, 5.41) is 11.4. The molecule has 2 atom stereocenters. The molecule has 0 spiro atoms. The molecular weight excluding hydrogens is 526 g/mol. The van der Waals surface area contributed by atoms with Crippen LogP contribution in [0.3, 0.4) is 0 Å². The normalized spacial score (nSPS) is 14.1. The van der Waals surface area contributed by atoms with Gasteiger partial charge in [-0.05, 0) is 25.0 Å². The van der Waals surface area contributed by atoms with Crippen LogP contribution in [0.4, 0.5) is 32.2 Å². The van der Waals surface area contributed by atoms with E-state index in [0.29, 0.717) is 18.6 Å². The summed E-state index contributed by atoms with van der Waals surface area (Å²) in [7, 11) is 0. The molecule has 5 N–H and O–H groups in total. The zero-order valence-electron chi connectivity index (χ0n) is 19.7. The van der Waals surface area contributed by atoms with Crippen LogP contribution in [0.1, 0.15) is 41.4 Å². The lowest BCUT2D eigenvalue weighted by molar-refractivity contribution is -0.280. The van der Waals surface area contributed by atoms with Crippen molar-refractivity contribution in [2.24, 2.45) is 5.73 Å². The second-order valence-corrected chi connectivity index (χ2v) is 7.89. The molecule has 204 valence electrons. The number of aryl methyl sites for hydroxylation is 1. The lowest BCUT2D eigenvalue weighted by atomic mass is 9.88. The maximum Gasteiger partial charge on any atom is 0.490 e. The Morgan fingerprint density at radius 3 is 2.32 bits per heavy atom. The predicted octanol–water partition coefficient (Wildman–Crippen LogP) is 2.80. The van der Waals surface area contributed by atoms with E-state index in [0.717, 1.165) is 12.3 Å². The Morgan fingerprint density at radius 2 is 1.82 bits per heavy atom. The number of benzene rings is 1. The summed E-state index contributed by atoms with van der Waals surface area (Å²) < 4.78 is 84.3. The number of amides is 2. The molecule has 1 unspecified atom stereocenters. The van der Waals surface area contributed by atoms with Crippen LogP contribution in [-0.4, -0.2) is 46.1 Å². The van der Waals surface area contributed by atoms with Gasteiger partial charge in [0.15, 0.2) is 11.5 Å². The van der Waals surface area contributed by atoms with Gasteiger partial charge in [0.05, 0.1) is 24.4 Å². The molecule has 0 bridgehead atoms. The Hall–Kier alpha value is -4.42. The van der Waals surface area contributed by atoms with E-state index in [1.165, 1.54) is 6.92 Å². The second-order valence-electron chi connectivity index (χ2n) is 7.89. The summed E-state index contributed by atoms with van der Waals surface area (Å²) in [6.45, 7) is 3.07. The summed E-state index contributed by atoms with van der Waals surface area (Å²) in [5.41, 5.74) is 4.02. The van der Waals surface area contributed by atoms with Gasteiger partial charge in [-0.25, -0.2) is 14.8 Å². The molecule has 2 aromatic rings. The Bertz CT molecular complexity index is 1290. The number of rotatable bonds is 8. The number of anilines is 1. The number of hydrogen-bond acceptors (Lipinski definition) is 8. The van der Waals surface area contributed by atoms with Crippen LogP contribution >= 0.6 is 0 Å². The van der Waals surface area contributed by atoms with Crippen LogP contribution < -0.4 is 16.8 Å². The minimum atomic E-state index is -5.92. The van der Waals surface area contributed by atoms with Crippen molar-refractivity contribution in [2.75, 3.05) is 5.73 Å². The molecule has 38 heavy (non-hydrogen) atoms. The molecular formula is C22H20F6N6O4. The van der Waals surface area contributed by atoms with Crippen LogP contribution in [0.15, 0.2) is 24.4 Å². The first-order valence-electron chi connectivity index (χ1n) is 10.6. The average Bonchev–Trinajstić information content (AvgIpc) is 2.81. The number of nitrogens with one attached hydrogen (secondary N) is 1. The first-order valence-corrected chi connectivity index (χ1v) is 10.6. The quantitative estimate of drug-likeness (QED) is 0.335. The predicted molar refractivity (Wildman–Crippen MR) is 117 cm³/mol. The van der Waals surface area contributed by atoms with Crippen molar-refractivity contribution < 1.29 is 45.5 Å². The lowest BCUT2D eigenvalue weighted by Gasteiger charge is -2.33. The van der Waals surface area contributed by atoms with Gasteiger partial charge in [-0.3, -0.25) is 9.59 Å². The number of esters is 1. The number of aromatic nitrogens is 2. The summed E-state index contributed by atoms with van der Waals surface area (Å²) in [5.74, 6) is -6.96. The lowest BCUT2D eigenvalue weighted by Crippen LogP contribution is -2.57. The van der Waals surface area contributed by atoms with Crippen LogP contribution in [-0.2, 0) is 19.9 Å². The third-order valence-electron chi connectivity index (χ3n) is 5.33. The van der Waals surface area contributed by atoms with Crippen LogP contribution in [0.5, 0.6) is 0 Å². The van der Waals surface area contributed by atoms with Gasteiger partial charge in [0.2, 0.25) is 0 Å². The number of ether oxygens (including phenoxy) is 1. The number of hydrogen-bond donors (Lipinski definition) is 3. The SMILES string of the molecule is CC[C@@H](CC#N)NC(=O)c1nc(-c2cc(C(OC(=O)C(F)(F)F)(C(N)=O)C(F)(F)F)ccc2C)cnc1N. The molecule has 2 amide bonds. The minimum absolute atomic E-state index is 0.0420. The third kappa shape index (κ3) is 5.93. The van der Waals surface area contributed by atoms with E-state index in [2.05, 4.69) is 20.0 Å². The molecule has 0 saturated carbocycles. The summed E-state index contributed by atoms with van der Waals surface area (Å²) >= 11 is 0. The molecule has 0 fully saturated rings. The van der Waals surface area contributed by atoms with Gasteiger partial charge in [0.1, 0.15) is 0 Å². The van der Waals surface area contributed by atoms with E-state index in [4.69, 9.17) is 16.7 Å². The Morgan fingerprint density at radius 1 is 1.18 bits per heavy atom. The molecule has 16 heteroatoms. The van der Waals surface area contributed by atoms with E-state index in [1.807, 2.05) is 6.07 Å². The van der Waals surface area contributed by atoms with Crippen LogP contribution in [0, 0.1) is 18.3 Å². The van der Waals surface area contributed by atoms with Gasteiger partial charge in [-0.1, -0.05) is 19.1 Å². The molecule has 0 aliphatic carbocycles. The molecule has 0 radical (unpaired) electrons. The maximum absolute atomic E-state index is 14.1. The number of carbonyl (C=O) groups is 3. The number of carbonyl (C=O) groups excluding carboxylic acids is 3. The number of nitrogens with zero attached hydrogens (tertiary/aromatic N) is 3. The molecule has 1 aromatic heterocycles. The number of alkyl halides is 6. The highest BCUT2D eigenvalue weighted by atomic mass is 19.4. The van der Waals surface area contributed by atoms with Gasteiger partial charge < -0.3 is 21.5 Å². The van der Waals surface area contributed by atoms with E-state index in [-0.39, 0.29) is 29.1 Å². The van der Waals surface area contributed by atoms with Crippen LogP contribution in [0.25, 0.3) is 11.3 Å². The van der Waals surface area contributed by atoms with Crippen molar-refractivity contribution in [1.29, 1.82) is 5.26 Å². The largest absolute Gasteiger partial charge is 0.490 e. The van der Waals surface area contributed by atoms with Gasteiger partial charge in [0, 0.05) is 17.2 Å². The highest BCUT2D eigenvalue weighted by molar-refractivity contribution is 5.97. The molecule has 0 aliphatic rings. The van der Waals surface area contributed by atoms with Gasteiger partial charge in [-0.15, -0.1) is 0 Å². The number of primary amides is 1. The smallest absolute Gasteiger partial charge is 0.427 e. The summed E-state index contributed by atoms with van der Waals surface area (Å²) in [6, 6.07) is 3.48. The van der Waals surface area contributed by atoms with Crippen molar-refractivity contribution in [1.82, 2.24) is 15.3 Å². The van der Waals surface area contributed by atoms with Crippen molar-refractivity contribution in [2.45, 2.75) is 50.7 Å². The van der Waals surface area contributed by atoms with Crippen molar-refractivity contribution in [3.05, 3.63) is 41.2 Å². The first kappa shape index (κ1) is 29.8. The Kier molecular flexibility index (Phi) is 8.56. The van der Waals surface area contributed by atoms with E-state index >= 15 is 0 Å². The fourth-order valence-corrected chi connectivity index (χ4v) is 3.28. The van der Waals surface area contributed by atoms with E-state index < -0.39 is 53.0 Å². The minimum Gasteiger partial charge on any atom is -0.427 e. The average molecular weight is 546 g/mol. The Labute approximate surface area is 211 Å². The van der Waals surface area contributed by atoms with Crippen molar-refractivity contribution >= 4 is 23.6 Å². The standard InChI is InChI=1S/C22H20F6N6O4/c1-3-12(6-7-29)33-17(35)15-16(30)32-9-14(34-15)13-8-11(5-4-10(13)2)20(18(31)36,22(26,27)28)38-19(37)21(23,24)25/h4-5,8-9,12H,3,6H2,1-2H3,(H2,30,32)(H2,31,36)(H,33,35)/t12-,20?/m0/s1. The van der Waals surface area contributed by atoms with Gasteiger partial charge in [0.25, 0.3) is 11.8 Å². The molecule has 0 saturated heterocycles. The summed E-state index contributed by atoms with van der Waals surface area (Å²) in [6.07, 6.45) is -10.5. The van der Waals surface area contributed by atoms with Crippen molar-refractivity contribution in [3.8, 4) is 17.3 Å². The molecule has 0 aliphatic heterocycles. The number of nitrogen functional groups attached to an aromatic ring is 1. The topological polar surface area (TPSA) is 174 Å². The highest BCUT2D eigenvalue weighted by Crippen LogP contribution is 2.44. The zero-order chi connectivity index (χ0) is 29.1. The number of nitrogens with two attached hydrogens (primary N) is 2. The first-order chi connectivity index (χ1) is 17.5. The number of nitriles is 1. The molecule has 1 heterocycles. The third-order valence-corrected chi connectivity index (χ3v) is 5.33. The van der Waals surface area contributed by atoms with Gasteiger partial charge >= 0.3 is 23.9 Å². The fourth-order valence-electron chi connectivity index (χ4n) is 3.28. The van der Waals surface area contributed by atoms with Crippen molar-refractivity contribution in [3.63, 3.8) is 0 Å². The second kappa shape index (κ2) is 10.9. The van der Waals surface area contributed by atoms with Gasteiger partial charge in [-0.2, -0.15) is 31.6 Å².